The molecule has 0 saturated carbocycles. The predicted octanol–water partition coefficient (Wildman–Crippen LogP) is 3.86. The second kappa shape index (κ2) is 7.00. The van der Waals surface area contributed by atoms with Gasteiger partial charge in [0.25, 0.3) is 0 Å². The summed E-state index contributed by atoms with van der Waals surface area (Å²) in [4.78, 5) is 0. The van der Waals surface area contributed by atoms with Crippen LogP contribution >= 0.6 is 0 Å². The Bertz CT molecular complexity index is 788. The third kappa shape index (κ3) is 5.25. The lowest BCUT2D eigenvalue weighted by molar-refractivity contribution is 0.231. The van der Waals surface area contributed by atoms with Gasteiger partial charge in [-0.1, -0.05) is 29.8 Å². The summed E-state index contributed by atoms with van der Waals surface area (Å²) in [5.74, 6) is -0.670. The van der Waals surface area contributed by atoms with Crippen molar-refractivity contribution in [1.82, 2.24) is 0 Å². The molecule has 2 rings (SSSR count). The first-order chi connectivity index (χ1) is 10.7. The molecule has 0 aliphatic heterocycles. The number of hydrogen-bond acceptors (Lipinski definition) is 3. The van der Waals surface area contributed by atoms with Gasteiger partial charge in [0, 0.05) is 6.07 Å². The van der Waals surface area contributed by atoms with E-state index in [9.17, 15) is 12.8 Å². The van der Waals surface area contributed by atoms with Crippen molar-refractivity contribution in [3.05, 3.63) is 59.4 Å². The number of hydrogen-bond donors (Lipinski definition) is 1. The van der Waals surface area contributed by atoms with E-state index in [1.807, 2.05) is 13.0 Å². The van der Waals surface area contributed by atoms with Gasteiger partial charge in [-0.05, 0) is 38.5 Å². The highest BCUT2D eigenvalue weighted by Crippen LogP contribution is 2.23. The van der Waals surface area contributed by atoms with E-state index in [1.54, 1.807) is 32.0 Å². The number of anilines is 1. The van der Waals surface area contributed by atoms with E-state index >= 15 is 0 Å². The van der Waals surface area contributed by atoms with Gasteiger partial charge in [0.1, 0.15) is 0 Å². The molecule has 23 heavy (non-hydrogen) atoms. The number of rotatable bonds is 6. The number of halogens is 1. The van der Waals surface area contributed by atoms with Gasteiger partial charge in [0.2, 0.25) is 10.0 Å². The SMILES string of the molecule is Cc1cccc(CS(=O)(=O)Nc2ccc(OC(C)C)c(F)c2)c1. The standard InChI is InChI=1S/C17H20FNO3S/c1-12(2)22-17-8-7-15(10-16(17)18)19-23(20,21)11-14-6-4-5-13(3)9-14/h4-10,12,19H,11H2,1-3H3. The van der Waals surface area contributed by atoms with Crippen LogP contribution in [0.3, 0.4) is 0 Å². The fourth-order valence-electron chi connectivity index (χ4n) is 2.15. The molecule has 0 fully saturated rings. The van der Waals surface area contributed by atoms with Gasteiger partial charge in [-0.2, -0.15) is 0 Å². The molecule has 0 saturated heterocycles. The zero-order valence-corrected chi connectivity index (χ0v) is 14.2. The van der Waals surface area contributed by atoms with E-state index in [2.05, 4.69) is 4.72 Å². The summed E-state index contributed by atoms with van der Waals surface area (Å²) >= 11 is 0. The van der Waals surface area contributed by atoms with Crippen LogP contribution in [0.4, 0.5) is 10.1 Å². The van der Waals surface area contributed by atoms with Crippen LogP contribution in [0.2, 0.25) is 0 Å². The fourth-order valence-corrected chi connectivity index (χ4v) is 3.33. The first kappa shape index (κ1) is 17.3. The Kier molecular flexibility index (Phi) is 5.26. The molecular formula is C17H20FNO3S. The van der Waals surface area contributed by atoms with E-state index in [0.29, 0.717) is 5.56 Å². The maximum absolute atomic E-state index is 13.9. The normalized spacial score (nSPS) is 11.5. The van der Waals surface area contributed by atoms with Crippen molar-refractivity contribution in [2.75, 3.05) is 4.72 Å². The minimum Gasteiger partial charge on any atom is -0.488 e. The maximum Gasteiger partial charge on any atom is 0.236 e. The van der Waals surface area contributed by atoms with Crippen LogP contribution in [0.25, 0.3) is 0 Å². The lowest BCUT2D eigenvalue weighted by atomic mass is 10.2. The summed E-state index contributed by atoms with van der Waals surface area (Å²) in [7, 11) is -3.61. The molecule has 2 aromatic carbocycles. The Hall–Kier alpha value is -2.08. The van der Waals surface area contributed by atoms with Crippen molar-refractivity contribution in [2.24, 2.45) is 0 Å². The maximum atomic E-state index is 13.9. The highest BCUT2D eigenvalue weighted by Gasteiger charge is 2.14. The number of nitrogens with one attached hydrogen (secondary N) is 1. The summed E-state index contributed by atoms with van der Waals surface area (Å²) in [6.45, 7) is 5.47. The highest BCUT2D eigenvalue weighted by atomic mass is 32.2. The van der Waals surface area contributed by atoms with Crippen molar-refractivity contribution in [3.8, 4) is 5.75 Å². The second-order valence-corrected chi connectivity index (χ2v) is 7.38. The van der Waals surface area contributed by atoms with Gasteiger partial charge >= 0.3 is 0 Å². The molecule has 0 heterocycles. The molecule has 2 aromatic rings. The molecule has 0 amide bonds. The summed E-state index contributed by atoms with van der Waals surface area (Å²) in [5, 5.41) is 0. The fraction of sp³-hybridized carbons (Fsp3) is 0.294. The molecule has 0 atom stereocenters. The lowest BCUT2D eigenvalue weighted by Crippen LogP contribution is -2.15. The molecule has 0 unspecified atom stereocenters. The van der Waals surface area contributed by atoms with Crippen LogP contribution < -0.4 is 9.46 Å². The molecule has 4 nitrogen and oxygen atoms in total. The van der Waals surface area contributed by atoms with E-state index in [1.165, 1.54) is 12.1 Å². The minimum absolute atomic E-state index is 0.0987. The monoisotopic (exact) mass is 337 g/mol. The minimum atomic E-state index is -3.61. The Morgan fingerprint density at radius 3 is 2.52 bits per heavy atom. The van der Waals surface area contributed by atoms with E-state index < -0.39 is 15.8 Å². The topological polar surface area (TPSA) is 55.4 Å². The van der Waals surface area contributed by atoms with Gasteiger partial charge < -0.3 is 4.74 Å². The third-order valence-corrected chi connectivity index (χ3v) is 4.27. The number of ether oxygens (including phenoxy) is 1. The quantitative estimate of drug-likeness (QED) is 0.871. The summed E-state index contributed by atoms with van der Waals surface area (Å²) in [5.41, 5.74) is 1.84. The first-order valence-corrected chi connectivity index (χ1v) is 8.92. The smallest absolute Gasteiger partial charge is 0.236 e. The zero-order chi connectivity index (χ0) is 17.0. The van der Waals surface area contributed by atoms with E-state index in [0.717, 1.165) is 11.6 Å². The number of benzene rings is 2. The Labute approximate surface area is 136 Å². The molecule has 0 aliphatic carbocycles. The van der Waals surface area contributed by atoms with Crippen LogP contribution in [-0.4, -0.2) is 14.5 Å². The first-order valence-electron chi connectivity index (χ1n) is 7.27. The van der Waals surface area contributed by atoms with Crippen molar-refractivity contribution in [3.63, 3.8) is 0 Å². The van der Waals surface area contributed by atoms with Gasteiger partial charge in [-0.3, -0.25) is 4.72 Å². The second-order valence-electron chi connectivity index (χ2n) is 5.66. The van der Waals surface area contributed by atoms with Gasteiger partial charge in [0.05, 0.1) is 17.5 Å². The highest BCUT2D eigenvalue weighted by molar-refractivity contribution is 7.91. The zero-order valence-electron chi connectivity index (χ0n) is 13.3. The van der Waals surface area contributed by atoms with Gasteiger partial charge in [0.15, 0.2) is 11.6 Å². The Morgan fingerprint density at radius 1 is 1.17 bits per heavy atom. The summed E-state index contributed by atoms with van der Waals surface area (Å²) in [6, 6.07) is 11.3. The lowest BCUT2D eigenvalue weighted by Gasteiger charge is -2.13. The molecule has 6 heteroatoms. The molecule has 0 aromatic heterocycles. The Balaban J connectivity index is 2.12. The molecular weight excluding hydrogens is 317 g/mol. The van der Waals surface area contributed by atoms with Crippen LogP contribution in [0, 0.1) is 12.7 Å². The Morgan fingerprint density at radius 2 is 1.91 bits per heavy atom. The number of sulfonamides is 1. The van der Waals surface area contributed by atoms with Crippen molar-refractivity contribution in [2.45, 2.75) is 32.6 Å². The van der Waals surface area contributed by atoms with E-state index in [4.69, 9.17) is 4.74 Å². The largest absolute Gasteiger partial charge is 0.488 e. The average Bonchev–Trinajstić information content (AvgIpc) is 2.40. The average molecular weight is 337 g/mol. The third-order valence-electron chi connectivity index (χ3n) is 3.01. The van der Waals surface area contributed by atoms with Gasteiger partial charge in [-0.25, -0.2) is 12.8 Å². The van der Waals surface area contributed by atoms with E-state index in [-0.39, 0.29) is 23.3 Å². The predicted molar refractivity (Wildman–Crippen MR) is 89.6 cm³/mol. The molecule has 0 spiro atoms. The summed E-state index contributed by atoms with van der Waals surface area (Å²) < 4.78 is 46.0. The van der Waals surface area contributed by atoms with Crippen LogP contribution in [0.15, 0.2) is 42.5 Å². The number of aryl methyl sites for hydroxylation is 1. The molecule has 124 valence electrons. The van der Waals surface area contributed by atoms with Crippen molar-refractivity contribution < 1.29 is 17.5 Å². The van der Waals surface area contributed by atoms with Crippen molar-refractivity contribution in [1.29, 1.82) is 0 Å². The van der Waals surface area contributed by atoms with Crippen LogP contribution in [0.1, 0.15) is 25.0 Å². The molecule has 0 radical (unpaired) electrons. The van der Waals surface area contributed by atoms with Crippen molar-refractivity contribution >= 4 is 15.7 Å². The molecule has 0 bridgehead atoms. The van der Waals surface area contributed by atoms with Crippen LogP contribution in [0.5, 0.6) is 5.75 Å². The van der Waals surface area contributed by atoms with Gasteiger partial charge in [-0.15, -0.1) is 0 Å². The van der Waals surface area contributed by atoms with Crippen LogP contribution in [-0.2, 0) is 15.8 Å². The summed E-state index contributed by atoms with van der Waals surface area (Å²) in [6.07, 6.45) is -0.159. The molecule has 0 aliphatic rings. The molecule has 1 N–H and O–H groups in total.